The number of hydrogen-bond donors (Lipinski definition) is 2. The molecule has 1 aliphatic heterocycles. The van der Waals surface area contributed by atoms with Crippen LogP contribution in [0.5, 0.6) is 0 Å². The molecule has 2 aromatic carbocycles. The zero-order chi connectivity index (χ0) is 30.9. The van der Waals surface area contributed by atoms with Crippen LogP contribution in [-0.2, 0) is 30.7 Å². The number of piperidine rings is 1. The molecule has 1 heterocycles. The first-order valence-corrected chi connectivity index (χ1v) is 16.0. The Hall–Kier alpha value is -3.44. The summed E-state index contributed by atoms with van der Waals surface area (Å²) in [5, 5.41) is 2.87. The Bertz CT molecular complexity index is 1310. The number of amides is 2. The van der Waals surface area contributed by atoms with Gasteiger partial charge in [-0.3, -0.25) is 9.59 Å². The predicted molar refractivity (Wildman–Crippen MR) is 162 cm³/mol. The van der Waals surface area contributed by atoms with Crippen molar-refractivity contribution in [3.05, 3.63) is 65.2 Å². The number of sulfonamides is 1. The van der Waals surface area contributed by atoms with Gasteiger partial charge < -0.3 is 19.7 Å². The topological polar surface area (TPSA) is 131 Å². The van der Waals surface area contributed by atoms with Crippen LogP contribution in [-0.4, -0.2) is 68.9 Å². The average molecular weight is 602 g/mol. The molecule has 2 N–H and O–H groups in total. The number of carbonyl (C=O) groups excluding carboxylic acids is 3. The van der Waals surface area contributed by atoms with Gasteiger partial charge in [-0.15, -0.1) is 0 Å². The Balaban J connectivity index is 1.54. The lowest BCUT2D eigenvalue weighted by molar-refractivity contribution is -0.142. The molecule has 10 nitrogen and oxygen atoms in total. The third-order valence-corrected chi connectivity index (χ3v) is 8.49. The van der Waals surface area contributed by atoms with Crippen LogP contribution in [0.1, 0.15) is 80.8 Å². The lowest BCUT2D eigenvalue weighted by Gasteiger charge is -2.33. The highest BCUT2D eigenvalue weighted by Crippen LogP contribution is 2.29. The molecule has 2 aromatic rings. The molecule has 0 spiro atoms. The van der Waals surface area contributed by atoms with Crippen molar-refractivity contribution in [3.8, 4) is 0 Å². The summed E-state index contributed by atoms with van der Waals surface area (Å²) in [5.74, 6) is -0.677. The molecule has 1 saturated heterocycles. The number of unbranched alkanes of at least 4 members (excludes halogenated alkanes) is 1. The minimum atomic E-state index is -3.62. The maximum atomic E-state index is 12.9. The number of esters is 1. The Morgan fingerprint density at radius 1 is 1.00 bits per heavy atom. The molecule has 11 heteroatoms. The van der Waals surface area contributed by atoms with E-state index < -0.39 is 27.6 Å². The van der Waals surface area contributed by atoms with Crippen molar-refractivity contribution < 1.29 is 32.3 Å². The third-order valence-electron chi connectivity index (χ3n) is 7.02. The molecule has 3 rings (SSSR count). The van der Waals surface area contributed by atoms with Gasteiger partial charge in [0, 0.05) is 24.3 Å². The smallest absolute Gasteiger partial charge is 0.410 e. The van der Waals surface area contributed by atoms with Crippen molar-refractivity contribution >= 4 is 33.7 Å². The molecule has 0 bridgehead atoms. The summed E-state index contributed by atoms with van der Waals surface area (Å²) in [5.41, 5.74) is 2.41. The van der Waals surface area contributed by atoms with Gasteiger partial charge in [0.15, 0.2) is 0 Å². The van der Waals surface area contributed by atoms with Crippen LogP contribution in [0.3, 0.4) is 0 Å². The van der Waals surface area contributed by atoms with Gasteiger partial charge in [0.1, 0.15) is 11.6 Å². The van der Waals surface area contributed by atoms with Crippen LogP contribution in [0.2, 0.25) is 0 Å². The molecule has 0 saturated carbocycles. The van der Waals surface area contributed by atoms with Crippen molar-refractivity contribution in [2.45, 2.75) is 77.4 Å². The zero-order valence-electron chi connectivity index (χ0n) is 25.1. The lowest BCUT2D eigenvalue weighted by Crippen LogP contribution is -2.43. The second kappa shape index (κ2) is 14.6. The predicted octanol–water partition coefficient (Wildman–Crippen LogP) is 4.86. The summed E-state index contributed by atoms with van der Waals surface area (Å²) >= 11 is 0. The lowest BCUT2D eigenvalue weighted by atomic mass is 9.89. The van der Waals surface area contributed by atoms with Crippen molar-refractivity contribution in [1.29, 1.82) is 0 Å². The highest BCUT2D eigenvalue weighted by molar-refractivity contribution is 7.89. The van der Waals surface area contributed by atoms with Gasteiger partial charge in [-0.05, 0) is 87.8 Å². The summed E-state index contributed by atoms with van der Waals surface area (Å²) in [7, 11) is -2.41. The molecule has 2 amide bonds. The third kappa shape index (κ3) is 10.1. The summed E-state index contributed by atoms with van der Waals surface area (Å²) in [6, 6.07) is 13.4. The first-order chi connectivity index (χ1) is 19.8. The zero-order valence-corrected chi connectivity index (χ0v) is 26.0. The van der Waals surface area contributed by atoms with Crippen molar-refractivity contribution in [3.63, 3.8) is 0 Å². The Morgan fingerprint density at radius 2 is 1.62 bits per heavy atom. The number of methoxy groups -OCH3 is 1. The number of nitrogens with zero attached hydrogens (tertiary/aromatic N) is 1. The van der Waals surface area contributed by atoms with E-state index in [9.17, 15) is 22.8 Å². The molecule has 42 heavy (non-hydrogen) atoms. The molecule has 1 fully saturated rings. The van der Waals surface area contributed by atoms with Gasteiger partial charge >= 0.3 is 12.1 Å². The molecule has 0 radical (unpaired) electrons. The monoisotopic (exact) mass is 601 g/mol. The van der Waals surface area contributed by atoms with E-state index in [1.165, 1.54) is 7.11 Å². The maximum absolute atomic E-state index is 12.9. The fourth-order valence-corrected chi connectivity index (χ4v) is 6.12. The number of rotatable bonds is 11. The average Bonchev–Trinajstić information content (AvgIpc) is 2.95. The van der Waals surface area contributed by atoms with Crippen LogP contribution in [0, 0.1) is 0 Å². The summed E-state index contributed by atoms with van der Waals surface area (Å²) < 4.78 is 37.4. The summed E-state index contributed by atoms with van der Waals surface area (Å²) in [6.45, 7) is 8.72. The summed E-state index contributed by atoms with van der Waals surface area (Å²) in [4.78, 5) is 39.2. The standard InChI is InChI=1S/C31H43N3O7S/c1-6-7-20-42(38,39)33-27(29(36)40-5)21-22-8-14-26(15-9-22)32-28(35)25-12-10-23(11-13-25)24-16-18-34(19-17-24)30(37)41-31(2,3)4/h8-15,24,27,33H,6-7,16-21H2,1-5H3,(H,32,35). The van der Waals surface area contributed by atoms with Gasteiger partial charge in [0.2, 0.25) is 10.0 Å². The van der Waals surface area contributed by atoms with E-state index in [4.69, 9.17) is 9.47 Å². The highest BCUT2D eigenvalue weighted by atomic mass is 32.2. The Kier molecular flexibility index (Phi) is 11.5. The number of anilines is 1. The molecule has 0 aliphatic carbocycles. The molecule has 1 aliphatic rings. The van der Waals surface area contributed by atoms with Gasteiger partial charge in [-0.1, -0.05) is 37.6 Å². The van der Waals surface area contributed by atoms with E-state index in [0.717, 1.165) is 24.8 Å². The minimum absolute atomic E-state index is 0.0592. The number of ether oxygens (including phenoxy) is 2. The first-order valence-electron chi connectivity index (χ1n) is 14.4. The molecule has 1 atom stereocenters. The first kappa shape index (κ1) is 33.1. The van der Waals surface area contributed by atoms with E-state index >= 15 is 0 Å². The second-order valence-corrected chi connectivity index (χ2v) is 13.5. The molecule has 0 aromatic heterocycles. The van der Waals surface area contributed by atoms with E-state index in [2.05, 4.69) is 10.0 Å². The van der Waals surface area contributed by atoms with Crippen LogP contribution < -0.4 is 10.0 Å². The summed E-state index contributed by atoms with van der Waals surface area (Å²) in [6.07, 6.45) is 2.71. The normalized spacial score (nSPS) is 15.1. The maximum Gasteiger partial charge on any atom is 0.410 e. The number of benzene rings is 2. The van der Waals surface area contributed by atoms with Crippen LogP contribution >= 0.6 is 0 Å². The molecule has 230 valence electrons. The fourth-order valence-electron chi connectivity index (χ4n) is 4.72. The van der Waals surface area contributed by atoms with E-state index in [1.807, 2.05) is 39.8 Å². The van der Waals surface area contributed by atoms with E-state index in [1.54, 1.807) is 41.3 Å². The molecule has 1 unspecified atom stereocenters. The Labute approximate surface area is 249 Å². The minimum Gasteiger partial charge on any atom is -0.468 e. The van der Waals surface area contributed by atoms with Gasteiger partial charge in [-0.2, -0.15) is 0 Å². The SMILES string of the molecule is CCCCS(=O)(=O)NC(Cc1ccc(NC(=O)c2ccc(C3CCN(C(=O)OC(C)(C)C)CC3)cc2)cc1)C(=O)OC. The van der Waals surface area contributed by atoms with Crippen LogP contribution in [0.25, 0.3) is 0 Å². The van der Waals surface area contributed by atoms with E-state index in [-0.39, 0.29) is 24.2 Å². The van der Waals surface area contributed by atoms with Gasteiger partial charge in [-0.25, -0.2) is 17.9 Å². The van der Waals surface area contributed by atoms with Gasteiger partial charge in [0.05, 0.1) is 12.9 Å². The largest absolute Gasteiger partial charge is 0.468 e. The number of nitrogens with one attached hydrogen (secondary N) is 2. The number of likely N-dealkylation sites (tertiary alicyclic amines) is 1. The molecular weight excluding hydrogens is 558 g/mol. The highest BCUT2D eigenvalue weighted by Gasteiger charge is 2.28. The quantitative estimate of drug-likeness (QED) is 0.352. The van der Waals surface area contributed by atoms with Crippen LogP contribution in [0.4, 0.5) is 10.5 Å². The second-order valence-electron chi connectivity index (χ2n) is 11.6. The van der Waals surface area contributed by atoms with Gasteiger partial charge in [0.25, 0.3) is 5.91 Å². The fraction of sp³-hybridized carbons (Fsp3) is 0.516. The van der Waals surface area contributed by atoms with E-state index in [0.29, 0.717) is 42.2 Å². The van der Waals surface area contributed by atoms with Crippen LogP contribution in [0.15, 0.2) is 48.5 Å². The number of hydrogen-bond acceptors (Lipinski definition) is 7. The Morgan fingerprint density at radius 3 is 2.17 bits per heavy atom. The molecular formula is C31H43N3O7S. The van der Waals surface area contributed by atoms with Crippen molar-refractivity contribution in [2.75, 3.05) is 31.3 Å². The van der Waals surface area contributed by atoms with Crippen molar-refractivity contribution in [2.24, 2.45) is 0 Å². The number of carbonyl (C=O) groups is 3. The van der Waals surface area contributed by atoms with Crippen molar-refractivity contribution in [1.82, 2.24) is 9.62 Å².